The van der Waals surface area contributed by atoms with Crippen LogP contribution in [0.1, 0.15) is 18.4 Å². The Labute approximate surface area is 169 Å². The minimum Gasteiger partial charge on any atom is -0.378 e. The van der Waals surface area contributed by atoms with Gasteiger partial charge >= 0.3 is 0 Å². The van der Waals surface area contributed by atoms with Crippen LogP contribution in [0.25, 0.3) is 0 Å². The molecule has 2 aromatic carbocycles. The topological polar surface area (TPSA) is 70.7 Å². The van der Waals surface area contributed by atoms with Gasteiger partial charge in [0.2, 0.25) is 11.8 Å². The molecule has 0 atom stereocenters. The second kappa shape index (κ2) is 8.21. The summed E-state index contributed by atoms with van der Waals surface area (Å²) in [6, 6.07) is 13.9. The minimum absolute atomic E-state index is 0.0604. The van der Waals surface area contributed by atoms with Crippen molar-refractivity contribution in [2.24, 2.45) is 5.41 Å². The first-order valence-electron chi connectivity index (χ1n) is 9.85. The summed E-state index contributed by atoms with van der Waals surface area (Å²) in [5, 5.41) is 5.67. The number of rotatable bonds is 6. The predicted octanol–water partition coefficient (Wildman–Crippen LogP) is 2.70. The number of nitrogens with one attached hydrogen (secondary N) is 2. The molecule has 1 saturated heterocycles. The van der Waals surface area contributed by atoms with Crippen LogP contribution >= 0.6 is 0 Å². The number of amides is 2. The standard InChI is InChI=1S/C22H24FN3O3/c23-17-6-2-1-5-16(17)15-24-20(27)22(9-10-22)21(28)25-18-7-3-4-8-19(18)26-11-13-29-14-12-26/h1-8H,9-15H2,(H,24,27)(H,25,28). The van der Waals surface area contributed by atoms with Gasteiger partial charge in [-0.15, -0.1) is 0 Å². The summed E-state index contributed by atoms with van der Waals surface area (Å²) >= 11 is 0. The van der Waals surface area contributed by atoms with Crippen molar-refractivity contribution in [2.75, 3.05) is 36.5 Å². The molecule has 6 nitrogen and oxygen atoms in total. The Morgan fingerprint density at radius 2 is 1.69 bits per heavy atom. The highest BCUT2D eigenvalue weighted by Gasteiger charge is 2.56. The molecule has 7 heteroatoms. The molecule has 0 aromatic heterocycles. The monoisotopic (exact) mass is 397 g/mol. The fraction of sp³-hybridized carbons (Fsp3) is 0.364. The first-order valence-corrected chi connectivity index (χ1v) is 9.85. The lowest BCUT2D eigenvalue weighted by molar-refractivity contribution is -0.134. The normalized spacial score (nSPS) is 17.5. The van der Waals surface area contributed by atoms with Crippen molar-refractivity contribution in [2.45, 2.75) is 19.4 Å². The molecule has 2 amide bonds. The first kappa shape index (κ1) is 19.4. The lowest BCUT2D eigenvalue weighted by atomic mass is 10.0. The quantitative estimate of drug-likeness (QED) is 0.736. The van der Waals surface area contributed by atoms with Gasteiger partial charge in [0.1, 0.15) is 11.2 Å². The van der Waals surface area contributed by atoms with Crippen LogP contribution in [-0.4, -0.2) is 38.1 Å². The van der Waals surface area contributed by atoms with Gasteiger partial charge in [-0.1, -0.05) is 30.3 Å². The number of benzene rings is 2. The van der Waals surface area contributed by atoms with E-state index in [9.17, 15) is 14.0 Å². The van der Waals surface area contributed by atoms with Crippen LogP contribution in [0.5, 0.6) is 0 Å². The average molecular weight is 397 g/mol. The van der Waals surface area contributed by atoms with Crippen molar-refractivity contribution in [1.29, 1.82) is 0 Å². The minimum atomic E-state index is -1.08. The number of nitrogens with zero attached hydrogens (tertiary/aromatic N) is 1. The maximum absolute atomic E-state index is 13.8. The molecule has 1 aliphatic heterocycles. The summed E-state index contributed by atoms with van der Waals surface area (Å²) in [5.74, 6) is -1.05. The Kier molecular flexibility index (Phi) is 5.49. The molecule has 2 aliphatic rings. The summed E-state index contributed by atoms with van der Waals surface area (Å²) < 4.78 is 19.2. The van der Waals surface area contributed by atoms with E-state index in [1.165, 1.54) is 6.07 Å². The highest BCUT2D eigenvalue weighted by molar-refractivity contribution is 6.13. The predicted molar refractivity (Wildman–Crippen MR) is 108 cm³/mol. The molecule has 2 aromatic rings. The molecule has 2 N–H and O–H groups in total. The number of halogens is 1. The SMILES string of the molecule is O=C(NCc1ccccc1F)C1(C(=O)Nc2ccccc2N2CCOCC2)CC1. The molecule has 0 spiro atoms. The highest BCUT2D eigenvalue weighted by Crippen LogP contribution is 2.47. The average Bonchev–Trinajstić information content (AvgIpc) is 3.56. The molecule has 0 unspecified atom stereocenters. The molecule has 1 saturated carbocycles. The zero-order valence-electron chi connectivity index (χ0n) is 16.1. The third kappa shape index (κ3) is 4.10. The van der Waals surface area contributed by atoms with Gasteiger partial charge < -0.3 is 20.3 Å². The summed E-state index contributed by atoms with van der Waals surface area (Å²) in [5.41, 5.74) is 0.928. The molecule has 0 bridgehead atoms. The highest BCUT2D eigenvalue weighted by atomic mass is 19.1. The Morgan fingerprint density at radius 1 is 1.00 bits per heavy atom. The number of hydrogen-bond acceptors (Lipinski definition) is 4. The van der Waals surface area contributed by atoms with E-state index in [0.717, 1.165) is 18.8 Å². The van der Waals surface area contributed by atoms with Gasteiger partial charge in [0.25, 0.3) is 0 Å². The van der Waals surface area contributed by atoms with Crippen LogP contribution in [0.2, 0.25) is 0 Å². The van der Waals surface area contributed by atoms with Gasteiger partial charge in [0.15, 0.2) is 0 Å². The number of carbonyl (C=O) groups is 2. The molecule has 4 rings (SSSR count). The summed E-state index contributed by atoms with van der Waals surface area (Å²) in [6.07, 6.45) is 0.976. The zero-order chi connectivity index (χ0) is 20.3. The van der Waals surface area contributed by atoms with E-state index >= 15 is 0 Å². The molecule has 2 fully saturated rings. The number of para-hydroxylation sites is 2. The fourth-order valence-electron chi connectivity index (χ4n) is 3.57. The van der Waals surface area contributed by atoms with Crippen LogP contribution in [0.15, 0.2) is 48.5 Å². The fourth-order valence-corrected chi connectivity index (χ4v) is 3.57. The van der Waals surface area contributed by atoms with Crippen LogP contribution in [0.4, 0.5) is 15.8 Å². The van der Waals surface area contributed by atoms with Crippen LogP contribution in [-0.2, 0) is 20.9 Å². The Hall–Kier alpha value is -2.93. The van der Waals surface area contributed by atoms with Crippen LogP contribution in [0, 0.1) is 11.2 Å². The lowest BCUT2D eigenvalue weighted by Crippen LogP contribution is -2.40. The van der Waals surface area contributed by atoms with Crippen LogP contribution in [0.3, 0.4) is 0 Å². The Bertz CT molecular complexity index is 908. The first-order chi connectivity index (χ1) is 14.1. The maximum atomic E-state index is 13.8. The molecule has 1 heterocycles. The van der Waals surface area contributed by atoms with E-state index in [0.29, 0.717) is 37.3 Å². The van der Waals surface area contributed by atoms with E-state index < -0.39 is 5.41 Å². The molecule has 1 aliphatic carbocycles. The van der Waals surface area contributed by atoms with Gasteiger partial charge in [0, 0.05) is 25.2 Å². The molecule has 29 heavy (non-hydrogen) atoms. The molecule has 0 radical (unpaired) electrons. The van der Waals surface area contributed by atoms with E-state index in [1.807, 2.05) is 24.3 Å². The molecule has 152 valence electrons. The number of morpholine rings is 1. The summed E-state index contributed by atoms with van der Waals surface area (Å²) in [7, 11) is 0. The third-order valence-electron chi connectivity index (χ3n) is 5.52. The van der Waals surface area contributed by atoms with Gasteiger partial charge in [0.05, 0.1) is 24.6 Å². The second-order valence-electron chi connectivity index (χ2n) is 7.43. The Morgan fingerprint density at radius 3 is 2.41 bits per heavy atom. The largest absolute Gasteiger partial charge is 0.378 e. The van der Waals surface area contributed by atoms with E-state index in [2.05, 4.69) is 15.5 Å². The number of ether oxygens (including phenoxy) is 1. The van der Waals surface area contributed by atoms with Gasteiger partial charge in [-0.05, 0) is 31.0 Å². The van der Waals surface area contributed by atoms with E-state index in [1.54, 1.807) is 18.2 Å². The summed E-state index contributed by atoms with van der Waals surface area (Å²) in [4.78, 5) is 27.8. The van der Waals surface area contributed by atoms with Crippen molar-refractivity contribution in [3.05, 3.63) is 59.9 Å². The number of anilines is 2. The van der Waals surface area contributed by atoms with E-state index in [4.69, 9.17) is 4.74 Å². The van der Waals surface area contributed by atoms with Crippen molar-refractivity contribution in [1.82, 2.24) is 5.32 Å². The molecular formula is C22H24FN3O3. The van der Waals surface area contributed by atoms with E-state index in [-0.39, 0.29) is 24.2 Å². The summed E-state index contributed by atoms with van der Waals surface area (Å²) in [6.45, 7) is 2.85. The Balaban J connectivity index is 1.43. The smallest absolute Gasteiger partial charge is 0.240 e. The van der Waals surface area contributed by atoms with Crippen LogP contribution < -0.4 is 15.5 Å². The zero-order valence-corrected chi connectivity index (χ0v) is 16.1. The number of carbonyl (C=O) groups excluding carboxylic acids is 2. The van der Waals surface area contributed by atoms with Gasteiger partial charge in [-0.2, -0.15) is 0 Å². The number of hydrogen-bond donors (Lipinski definition) is 2. The third-order valence-corrected chi connectivity index (χ3v) is 5.52. The van der Waals surface area contributed by atoms with Gasteiger partial charge in [-0.25, -0.2) is 4.39 Å². The molecular weight excluding hydrogens is 373 g/mol. The lowest BCUT2D eigenvalue weighted by Gasteiger charge is -2.30. The van der Waals surface area contributed by atoms with Crippen molar-refractivity contribution in [3.8, 4) is 0 Å². The van der Waals surface area contributed by atoms with Gasteiger partial charge in [-0.3, -0.25) is 9.59 Å². The second-order valence-corrected chi connectivity index (χ2v) is 7.43. The van der Waals surface area contributed by atoms with Crippen molar-refractivity contribution in [3.63, 3.8) is 0 Å². The maximum Gasteiger partial charge on any atom is 0.240 e. The van der Waals surface area contributed by atoms with Crippen molar-refractivity contribution < 1.29 is 18.7 Å². The van der Waals surface area contributed by atoms with Crippen molar-refractivity contribution >= 4 is 23.2 Å².